The number of anilines is 2. The molecule has 32 heavy (non-hydrogen) atoms. The molecule has 0 radical (unpaired) electrons. The van der Waals surface area contributed by atoms with E-state index in [0.717, 1.165) is 34.8 Å². The minimum absolute atomic E-state index is 0.116. The van der Waals surface area contributed by atoms with Crippen LogP contribution >= 0.6 is 0 Å². The quantitative estimate of drug-likeness (QED) is 0.633. The fourth-order valence-electron chi connectivity index (χ4n) is 3.61. The van der Waals surface area contributed by atoms with Gasteiger partial charge in [0.2, 0.25) is 0 Å². The topological polar surface area (TPSA) is 61.4 Å². The Balaban J connectivity index is 1.35. The van der Waals surface area contributed by atoms with E-state index in [2.05, 4.69) is 15.5 Å². The van der Waals surface area contributed by atoms with E-state index in [0.29, 0.717) is 26.2 Å². The van der Waals surface area contributed by atoms with Crippen molar-refractivity contribution >= 4 is 17.5 Å². The number of alkyl halides is 3. The van der Waals surface area contributed by atoms with E-state index in [1.807, 2.05) is 48.2 Å². The minimum Gasteiger partial charge on any atom is -0.352 e. The molecule has 1 fully saturated rings. The average molecular weight is 441 g/mol. The molecule has 0 spiro atoms. The van der Waals surface area contributed by atoms with Gasteiger partial charge in [-0.2, -0.15) is 13.2 Å². The molecule has 0 atom stereocenters. The first-order chi connectivity index (χ1) is 15.3. The maximum absolute atomic E-state index is 12.9. The number of benzene rings is 2. The lowest BCUT2D eigenvalue weighted by atomic mass is 10.1. The Morgan fingerprint density at radius 1 is 0.938 bits per heavy atom. The number of nitrogens with zero attached hydrogens (tertiary/aromatic N) is 4. The first-order valence-corrected chi connectivity index (χ1v) is 10.2. The van der Waals surface area contributed by atoms with Gasteiger partial charge in [0, 0.05) is 37.4 Å². The standard InChI is InChI=1S/C23H22F3N5O/c1-16-5-2-3-8-19(16)20-9-10-21(29-28-20)30-11-13-31(14-12-30)22(32)27-18-7-4-6-17(15-18)23(24,25)26/h2-10,15H,11-14H2,1H3,(H,27,32). The first-order valence-electron chi connectivity index (χ1n) is 10.2. The number of nitrogens with one attached hydrogen (secondary N) is 1. The Kier molecular flexibility index (Phi) is 5.98. The van der Waals surface area contributed by atoms with E-state index in [4.69, 9.17) is 0 Å². The zero-order chi connectivity index (χ0) is 22.7. The number of amides is 2. The normalized spacial score (nSPS) is 14.4. The molecule has 1 aromatic heterocycles. The second-order valence-electron chi connectivity index (χ2n) is 7.57. The highest BCUT2D eigenvalue weighted by Gasteiger charge is 2.30. The third-order valence-electron chi connectivity index (χ3n) is 5.40. The molecule has 2 aromatic carbocycles. The van der Waals surface area contributed by atoms with Crippen LogP contribution in [0.2, 0.25) is 0 Å². The molecule has 2 amide bonds. The first kappa shape index (κ1) is 21.6. The van der Waals surface area contributed by atoms with Crippen molar-refractivity contribution in [3.05, 3.63) is 71.8 Å². The number of hydrogen-bond donors (Lipinski definition) is 1. The number of rotatable bonds is 3. The van der Waals surface area contributed by atoms with Crippen LogP contribution in [0.25, 0.3) is 11.3 Å². The Bertz CT molecular complexity index is 1090. The van der Waals surface area contributed by atoms with Gasteiger partial charge in [-0.1, -0.05) is 30.3 Å². The van der Waals surface area contributed by atoms with E-state index >= 15 is 0 Å². The highest BCUT2D eigenvalue weighted by Crippen LogP contribution is 2.30. The van der Waals surface area contributed by atoms with Crippen molar-refractivity contribution in [3.8, 4) is 11.3 Å². The van der Waals surface area contributed by atoms with Gasteiger partial charge in [-0.05, 0) is 42.8 Å². The molecule has 166 valence electrons. The van der Waals surface area contributed by atoms with E-state index in [-0.39, 0.29) is 5.69 Å². The van der Waals surface area contributed by atoms with Crippen molar-refractivity contribution in [3.63, 3.8) is 0 Å². The largest absolute Gasteiger partial charge is 0.416 e. The second-order valence-corrected chi connectivity index (χ2v) is 7.57. The molecule has 0 bridgehead atoms. The number of urea groups is 1. The number of halogens is 3. The van der Waals surface area contributed by atoms with Crippen LogP contribution in [0.3, 0.4) is 0 Å². The van der Waals surface area contributed by atoms with Crippen molar-refractivity contribution < 1.29 is 18.0 Å². The van der Waals surface area contributed by atoms with Crippen LogP contribution in [0, 0.1) is 6.92 Å². The lowest BCUT2D eigenvalue weighted by Crippen LogP contribution is -2.50. The van der Waals surface area contributed by atoms with Gasteiger partial charge >= 0.3 is 12.2 Å². The summed E-state index contributed by atoms with van der Waals surface area (Å²) < 4.78 is 38.6. The van der Waals surface area contributed by atoms with Gasteiger partial charge in [0.15, 0.2) is 5.82 Å². The molecule has 6 nitrogen and oxygen atoms in total. The Labute approximate surface area is 183 Å². The number of aromatic nitrogens is 2. The smallest absolute Gasteiger partial charge is 0.352 e. The van der Waals surface area contributed by atoms with Gasteiger partial charge < -0.3 is 15.1 Å². The zero-order valence-electron chi connectivity index (χ0n) is 17.4. The summed E-state index contributed by atoms with van der Waals surface area (Å²) in [6.45, 7) is 3.97. The molecule has 0 aliphatic carbocycles. The van der Waals surface area contributed by atoms with Gasteiger partial charge in [-0.15, -0.1) is 10.2 Å². The Morgan fingerprint density at radius 3 is 2.34 bits per heavy atom. The SMILES string of the molecule is Cc1ccccc1-c1ccc(N2CCN(C(=O)Nc3cccc(C(F)(F)F)c3)CC2)nn1. The molecule has 0 unspecified atom stereocenters. The van der Waals surface area contributed by atoms with Crippen molar-refractivity contribution in [2.24, 2.45) is 0 Å². The number of hydrogen-bond acceptors (Lipinski definition) is 4. The average Bonchev–Trinajstić information content (AvgIpc) is 2.79. The number of carbonyl (C=O) groups is 1. The summed E-state index contributed by atoms with van der Waals surface area (Å²) in [7, 11) is 0. The molecule has 4 rings (SSSR count). The fraction of sp³-hybridized carbons (Fsp3) is 0.261. The van der Waals surface area contributed by atoms with E-state index < -0.39 is 17.8 Å². The predicted octanol–water partition coefficient (Wildman–Crippen LogP) is 4.82. The summed E-state index contributed by atoms with van der Waals surface area (Å²) >= 11 is 0. The van der Waals surface area contributed by atoms with Crippen LogP contribution in [-0.4, -0.2) is 47.3 Å². The van der Waals surface area contributed by atoms with Gasteiger partial charge in [0.25, 0.3) is 0 Å². The van der Waals surface area contributed by atoms with Crippen LogP contribution in [-0.2, 0) is 6.18 Å². The lowest BCUT2D eigenvalue weighted by molar-refractivity contribution is -0.137. The number of aryl methyl sites for hydroxylation is 1. The number of piperazine rings is 1. The van der Waals surface area contributed by atoms with Gasteiger partial charge in [0.1, 0.15) is 0 Å². The Morgan fingerprint density at radius 2 is 1.69 bits per heavy atom. The molecular formula is C23H22F3N5O. The highest BCUT2D eigenvalue weighted by molar-refractivity contribution is 5.89. The number of carbonyl (C=O) groups excluding carboxylic acids is 1. The van der Waals surface area contributed by atoms with Crippen molar-refractivity contribution in [1.82, 2.24) is 15.1 Å². The van der Waals surface area contributed by atoms with Crippen LogP contribution in [0.15, 0.2) is 60.7 Å². The maximum atomic E-state index is 12.9. The maximum Gasteiger partial charge on any atom is 0.416 e. The molecule has 3 aromatic rings. The molecule has 0 saturated carbocycles. The summed E-state index contributed by atoms with van der Waals surface area (Å²) in [4.78, 5) is 16.1. The third-order valence-corrected chi connectivity index (χ3v) is 5.40. The van der Waals surface area contributed by atoms with Gasteiger partial charge in [-0.25, -0.2) is 4.79 Å². The molecule has 1 N–H and O–H groups in total. The molecule has 1 aliphatic heterocycles. The summed E-state index contributed by atoms with van der Waals surface area (Å²) in [6, 6.07) is 16.0. The Hall–Kier alpha value is -3.62. The summed E-state index contributed by atoms with van der Waals surface area (Å²) in [6.07, 6.45) is -4.46. The molecule has 1 aliphatic rings. The van der Waals surface area contributed by atoms with Crippen LogP contribution in [0.1, 0.15) is 11.1 Å². The van der Waals surface area contributed by atoms with E-state index in [9.17, 15) is 18.0 Å². The summed E-state index contributed by atoms with van der Waals surface area (Å²) in [5.41, 5.74) is 2.27. The lowest BCUT2D eigenvalue weighted by Gasteiger charge is -2.35. The van der Waals surface area contributed by atoms with Crippen LogP contribution in [0.4, 0.5) is 29.5 Å². The van der Waals surface area contributed by atoms with Gasteiger partial charge in [0.05, 0.1) is 11.3 Å². The van der Waals surface area contributed by atoms with E-state index in [1.54, 1.807) is 4.90 Å². The predicted molar refractivity (Wildman–Crippen MR) is 116 cm³/mol. The van der Waals surface area contributed by atoms with Crippen LogP contribution in [0.5, 0.6) is 0 Å². The monoisotopic (exact) mass is 441 g/mol. The summed E-state index contributed by atoms with van der Waals surface area (Å²) in [5.74, 6) is 0.722. The van der Waals surface area contributed by atoms with Crippen LogP contribution < -0.4 is 10.2 Å². The molecular weight excluding hydrogens is 419 g/mol. The van der Waals surface area contributed by atoms with Gasteiger partial charge in [-0.3, -0.25) is 0 Å². The third kappa shape index (κ3) is 4.82. The molecule has 2 heterocycles. The fourth-order valence-corrected chi connectivity index (χ4v) is 3.61. The minimum atomic E-state index is -4.46. The molecule has 1 saturated heterocycles. The molecule has 9 heteroatoms. The second kappa shape index (κ2) is 8.86. The summed E-state index contributed by atoms with van der Waals surface area (Å²) in [5, 5.41) is 11.2. The zero-order valence-corrected chi connectivity index (χ0v) is 17.4. The highest BCUT2D eigenvalue weighted by atomic mass is 19.4. The van der Waals surface area contributed by atoms with Crippen molar-refractivity contribution in [1.29, 1.82) is 0 Å². The van der Waals surface area contributed by atoms with Crippen molar-refractivity contribution in [2.75, 3.05) is 36.4 Å². The van der Waals surface area contributed by atoms with Crippen molar-refractivity contribution in [2.45, 2.75) is 13.1 Å². The van der Waals surface area contributed by atoms with E-state index in [1.165, 1.54) is 12.1 Å².